The number of aryl methyl sites for hydroxylation is 1. The summed E-state index contributed by atoms with van der Waals surface area (Å²) in [6.45, 7) is 3.39. The minimum atomic E-state index is -0.573. The van der Waals surface area contributed by atoms with Crippen LogP contribution in [0.25, 0.3) is 0 Å². The first kappa shape index (κ1) is 15.8. The molecule has 0 aliphatic carbocycles. The standard InChI is InChI=1S/C15H18ClN5O2/c1-15(11-6-18-20(2)9-11)10-21(3-4-23-15)14(22)19-13-5-12(16)7-17-8-13/h5-9H,3-4,10H2,1-2H3,(H,19,22). The fourth-order valence-electron chi connectivity index (χ4n) is 2.60. The first-order valence-electron chi connectivity index (χ1n) is 7.26. The van der Waals surface area contributed by atoms with Crippen LogP contribution >= 0.6 is 11.6 Å². The number of rotatable bonds is 2. The maximum Gasteiger partial charge on any atom is 0.322 e. The van der Waals surface area contributed by atoms with Crippen molar-refractivity contribution in [2.24, 2.45) is 7.05 Å². The maximum absolute atomic E-state index is 12.5. The predicted molar refractivity (Wildman–Crippen MR) is 86.4 cm³/mol. The van der Waals surface area contributed by atoms with Crippen molar-refractivity contribution in [2.45, 2.75) is 12.5 Å². The molecule has 1 saturated heterocycles. The zero-order chi connectivity index (χ0) is 16.4. The molecule has 122 valence electrons. The van der Waals surface area contributed by atoms with Crippen molar-refractivity contribution in [2.75, 3.05) is 25.0 Å². The van der Waals surface area contributed by atoms with E-state index in [1.165, 1.54) is 6.20 Å². The van der Waals surface area contributed by atoms with E-state index in [2.05, 4.69) is 15.4 Å². The Kier molecular flexibility index (Phi) is 4.23. The Morgan fingerprint density at radius 3 is 2.96 bits per heavy atom. The second kappa shape index (κ2) is 6.17. The molecular weight excluding hydrogens is 318 g/mol. The van der Waals surface area contributed by atoms with E-state index in [0.717, 1.165) is 5.56 Å². The number of hydrogen-bond acceptors (Lipinski definition) is 4. The van der Waals surface area contributed by atoms with Gasteiger partial charge in [-0.2, -0.15) is 5.10 Å². The van der Waals surface area contributed by atoms with Crippen molar-refractivity contribution in [3.05, 3.63) is 41.4 Å². The van der Waals surface area contributed by atoms with E-state index in [4.69, 9.17) is 16.3 Å². The van der Waals surface area contributed by atoms with Gasteiger partial charge >= 0.3 is 6.03 Å². The summed E-state index contributed by atoms with van der Waals surface area (Å²) in [5.41, 5.74) is 0.940. The summed E-state index contributed by atoms with van der Waals surface area (Å²) >= 11 is 5.89. The first-order chi connectivity index (χ1) is 11.0. The molecule has 1 aliphatic heterocycles. The number of nitrogens with zero attached hydrogens (tertiary/aromatic N) is 4. The molecule has 1 unspecified atom stereocenters. The van der Waals surface area contributed by atoms with Crippen molar-refractivity contribution >= 4 is 23.3 Å². The Morgan fingerprint density at radius 2 is 2.26 bits per heavy atom. The molecule has 1 atom stereocenters. The second-order valence-corrected chi connectivity index (χ2v) is 6.16. The molecule has 0 spiro atoms. The predicted octanol–water partition coefficient (Wildman–Crippen LogP) is 2.25. The number of anilines is 1. The van der Waals surface area contributed by atoms with Gasteiger partial charge in [-0.05, 0) is 13.0 Å². The Hall–Kier alpha value is -2.12. The summed E-state index contributed by atoms with van der Waals surface area (Å²) in [6.07, 6.45) is 6.75. The molecule has 3 rings (SSSR count). The summed E-state index contributed by atoms with van der Waals surface area (Å²) in [6, 6.07) is 1.46. The van der Waals surface area contributed by atoms with Gasteiger partial charge in [-0.1, -0.05) is 11.6 Å². The molecule has 1 aliphatic rings. The van der Waals surface area contributed by atoms with Crippen molar-refractivity contribution in [3.8, 4) is 0 Å². The molecule has 8 heteroatoms. The lowest BCUT2D eigenvalue weighted by Gasteiger charge is -2.39. The van der Waals surface area contributed by atoms with E-state index in [0.29, 0.717) is 30.4 Å². The quantitative estimate of drug-likeness (QED) is 0.913. The van der Waals surface area contributed by atoms with Gasteiger partial charge in [0.05, 0.1) is 36.3 Å². The number of nitrogens with one attached hydrogen (secondary N) is 1. The number of carbonyl (C=O) groups is 1. The van der Waals surface area contributed by atoms with E-state index in [1.54, 1.807) is 28.0 Å². The van der Waals surface area contributed by atoms with Crippen molar-refractivity contribution in [3.63, 3.8) is 0 Å². The second-order valence-electron chi connectivity index (χ2n) is 5.73. The van der Waals surface area contributed by atoms with Crippen molar-refractivity contribution in [1.29, 1.82) is 0 Å². The number of hydrogen-bond donors (Lipinski definition) is 1. The van der Waals surface area contributed by atoms with E-state index < -0.39 is 5.60 Å². The lowest BCUT2D eigenvalue weighted by Crippen LogP contribution is -2.51. The molecule has 7 nitrogen and oxygen atoms in total. The number of urea groups is 1. The molecule has 23 heavy (non-hydrogen) atoms. The van der Waals surface area contributed by atoms with E-state index in [-0.39, 0.29) is 6.03 Å². The number of morpholine rings is 1. The third kappa shape index (κ3) is 3.46. The van der Waals surface area contributed by atoms with Crippen LogP contribution in [0.15, 0.2) is 30.9 Å². The molecular formula is C15H18ClN5O2. The van der Waals surface area contributed by atoms with Gasteiger partial charge in [-0.25, -0.2) is 4.79 Å². The van der Waals surface area contributed by atoms with Crippen LogP contribution in [0.1, 0.15) is 12.5 Å². The summed E-state index contributed by atoms with van der Waals surface area (Å²) in [5.74, 6) is 0. The summed E-state index contributed by atoms with van der Waals surface area (Å²) < 4.78 is 7.63. The van der Waals surface area contributed by atoms with Crippen LogP contribution in [0.5, 0.6) is 0 Å². The van der Waals surface area contributed by atoms with Gasteiger partial charge in [0.2, 0.25) is 0 Å². The molecule has 2 aromatic heterocycles. The number of amides is 2. The zero-order valence-electron chi connectivity index (χ0n) is 13.0. The van der Waals surface area contributed by atoms with Gasteiger partial charge < -0.3 is 15.0 Å². The lowest BCUT2D eigenvalue weighted by molar-refractivity contribution is -0.0895. The van der Waals surface area contributed by atoms with Crippen LogP contribution in [0.3, 0.4) is 0 Å². The number of aromatic nitrogens is 3. The van der Waals surface area contributed by atoms with Crippen molar-refractivity contribution in [1.82, 2.24) is 19.7 Å². The minimum Gasteiger partial charge on any atom is -0.367 e. The highest BCUT2D eigenvalue weighted by Crippen LogP contribution is 2.29. The van der Waals surface area contributed by atoms with Gasteiger partial charge in [0.15, 0.2) is 0 Å². The molecule has 2 aromatic rings. The number of halogens is 1. The third-order valence-electron chi connectivity index (χ3n) is 3.83. The summed E-state index contributed by atoms with van der Waals surface area (Å²) in [4.78, 5) is 18.2. The summed E-state index contributed by atoms with van der Waals surface area (Å²) in [5, 5.41) is 7.47. The zero-order valence-corrected chi connectivity index (χ0v) is 13.7. The first-order valence-corrected chi connectivity index (χ1v) is 7.64. The highest BCUT2D eigenvalue weighted by atomic mass is 35.5. The molecule has 0 radical (unpaired) electrons. The van der Waals surface area contributed by atoms with Crippen LogP contribution in [-0.4, -0.2) is 45.4 Å². The highest BCUT2D eigenvalue weighted by molar-refractivity contribution is 6.30. The highest BCUT2D eigenvalue weighted by Gasteiger charge is 2.36. The Balaban J connectivity index is 1.71. The molecule has 1 fully saturated rings. The Labute approximate surface area is 139 Å². The molecule has 2 amide bonds. The molecule has 0 aromatic carbocycles. The smallest absolute Gasteiger partial charge is 0.322 e. The number of ether oxygens (including phenoxy) is 1. The third-order valence-corrected chi connectivity index (χ3v) is 4.04. The maximum atomic E-state index is 12.5. The van der Waals surface area contributed by atoms with Crippen LogP contribution in [0.2, 0.25) is 5.02 Å². The topological polar surface area (TPSA) is 72.3 Å². The number of carbonyl (C=O) groups excluding carboxylic acids is 1. The lowest BCUT2D eigenvalue weighted by atomic mass is 9.97. The van der Waals surface area contributed by atoms with Crippen LogP contribution in [0.4, 0.5) is 10.5 Å². The minimum absolute atomic E-state index is 0.201. The monoisotopic (exact) mass is 335 g/mol. The average molecular weight is 336 g/mol. The Morgan fingerprint density at radius 1 is 1.43 bits per heavy atom. The van der Waals surface area contributed by atoms with Gasteiger partial charge in [0, 0.05) is 31.5 Å². The van der Waals surface area contributed by atoms with Gasteiger partial charge in [-0.3, -0.25) is 9.67 Å². The van der Waals surface area contributed by atoms with E-state index in [9.17, 15) is 4.79 Å². The largest absolute Gasteiger partial charge is 0.367 e. The fourth-order valence-corrected chi connectivity index (χ4v) is 2.77. The van der Waals surface area contributed by atoms with Crippen LogP contribution < -0.4 is 5.32 Å². The van der Waals surface area contributed by atoms with Crippen LogP contribution in [0, 0.1) is 0 Å². The Bertz CT molecular complexity index is 719. The number of pyridine rings is 1. The van der Waals surface area contributed by atoms with E-state index in [1.807, 2.05) is 20.2 Å². The van der Waals surface area contributed by atoms with Crippen LogP contribution in [-0.2, 0) is 17.4 Å². The van der Waals surface area contributed by atoms with Gasteiger partial charge in [-0.15, -0.1) is 0 Å². The molecule has 3 heterocycles. The fraction of sp³-hybridized carbons (Fsp3) is 0.400. The molecule has 1 N–H and O–H groups in total. The SMILES string of the molecule is Cn1cc(C2(C)CN(C(=O)Nc3cncc(Cl)c3)CCO2)cn1. The normalized spacial score (nSPS) is 21.3. The van der Waals surface area contributed by atoms with Crippen molar-refractivity contribution < 1.29 is 9.53 Å². The van der Waals surface area contributed by atoms with Gasteiger partial charge in [0.1, 0.15) is 5.60 Å². The van der Waals surface area contributed by atoms with Gasteiger partial charge in [0.25, 0.3) is 0 Å². The average Bonchev–Trinajstić information content (AvgIpc) is 2.95. The van der Waals surface area contributed by atoms with E-state index >= 15 is 0 Å². The summed E-state index contributed by atoms with van der Waals surface area (Å²) in [7, 11) is 1.85. The molecule has 0 bridgehead atoms. The molecule has 0 saturated carbocycles.